The molecule has 170 valence electrons. The van der Waals surface area contributed by atoms with Crippen LogP contribution in [0.1, 0.15) is 16.7 Å². The van der Waals surface area contributed by atoms with E-state index in [2.05, 4.69) is 15.0 Å². The number of aromatic nitrogens is 1. The van der Waals surface area contributed by atoms with E-state index in [0.29, 0.717) is 34.2 Å². The summed E-state index contributed by atoms with van der Waals surface area (Å²) in [4.78, 5) is 28.3. The normalized spacial score (nSPS) is 11.8. The number of nitrogens with zero attached hydrogens (tertiary/aromatic N) is 1. The molecule has 0 saturated carbocycles. The fraction of sp³-hybridized carbons (Fsp3) is 0.174. The lowest BCUT2D eigenvalue weighted by molar-refractivity contribution is -0.118. The fourth-order valence-corrected chi connectivity index (χ4v) is 4.66. The highest BCUT2D eigenvalue weighted by Gasteiger charge is 2.14. The molecule has 1 unspecified atom stereocenters. The first-order valence-corrected chi connectivity index (χ1v) is 12.2. The van der Waals surface area contributed by atoms with Crippen LogP contribution < -0.4 is 20.4 Å². The van der Waals surface area contributed by atoms with Gasteiger partial charge >= 0.3 is 5.63 Å². The van der Waals surface area contributed by atoms with Crippen LogP contribution in [-0.4, -0.2) is 27.9 Å². The molecule has 0 fully saturated rings. The van der Waals surface area contributed by atoms with E-state index in [9.17, 15) is 13.8 Å². The number of anilines is 1. The summed E-state index contributed by atoms with van der Waals surface area (Å²) in [6.45, 7) is 1.89. The maximum atomic E-state index is 12.8. The van der Waals surface area contributed by atoms with Crippen molar-refractivity contribution in [1.29, 1.82) is 0 Å². The predicted molar refractivity (Wildman–Crippen MR) is 129 cm³/mol. The highest BCUT2D eigenvalue weighted by Crippen LogP contribution is 2.29. The molecule has 8 nitrogen and oxygen atoms in total. The van der Waals surface area contributed by atoms with Gasteiger partial charge in [-0.15, -0.1) is 0 Å². The topological polar surface area (TPSA) is 111 Å². The Morgan fingerprint density at radius 2 is 2.09 bits per heavy atom. The van der Waals surface area contributed by atoms with Gasteiger partial charge in [0.15, 0.2) is 0 Å². The molecular weight excluding hydrogens is 462 g/mol. The van der Waals surface area contributed by atoms with Gasteiger partial charge in [0.1, 0.15) is 28.1 Å². The summed E-state index contributed by atoms with van der Waals surface area (Å²) in [5.74, 6) is 0.0698. The van der Waals surface area contributed by atoms with E-state index in [1.54, 1.807) is 30.5 Å². The van der Waals surface area contributed by atoms with Crippen LogP contribution in [0.15, 0.2) is 63.3 Å². The predicted octanol–water partition coefficient (Wildman–Crippen LogP) is 3.76. The van der Waals surface area contributed by atoms with Crippen LogP contribution in [0.3, 0.4) is 0 Å². The third-order valence-corrected chi connectivity index (χ3v) is 6.59. The SMILES string of the molecule is CNC(=O)CS(=O)Nc1cccc(Cc2c(C)c3ccc(Oc4nccs4)cc3oc2=O)c1. The molecule has 33 heavy (non-hydrogen) atoms. The van der Waals surface area contributed by atoms with Gasteiger partial charge in [-0.25, -0.2) is 14.0 Å². The second-order valence-electron chi connectivity index (χ2n) is 7.19. The van der Waals surface area contributed by atoms with Crippen molar-refractivity contribution in [3.05, 3.63) is 81.2 Å². The monoisotopic (exact) mass is 483 g/mol. The third-order valence-electron chi connectivity index (χ3n) is 4.95. The van der Waals surface area contributed by atoms with Crippen molar-refractivity contribution in [2.24, 2.45) is 0 Å². The molecule has 2 heterocycles. The van der Waals surface area contributed by atoms with Crippen LogP contribution in [0.2, 0.25) is 0 Å². The Bertz CT molecular complexity index is 1380. The zero-order valence-corrected chi connectivity index (χ0v) is 19.5. The number of nitrogens with one attached hydrogen (secondary N) is 2. The van der Waals surface area contributed by atoms with Crippen molar-refractivity contribution >= 4 is 44.9 Å². The lowest BCUT2D eigenvalue weighted by Crippen LogP contribution is -2.26. The molecule has 0 radical (unpaired) electrons. The lowest BCUT2D eigenvalue weighted by atomic mass is 9.99. The van der Waals surface area contributed by atoms with Gasteiger partial charge < -0.3 is 19.2 Å². The summed E-state index contributed by atoms with van der Waals surface area (Å²) >= 11 is 1.37. The number of aryl methyl sites for hydroxylation is 1. The summed E-state index contributed by atoms with van der Waals surface area (Å²) in [7, 11) is -0.0630. The number of ether oxygens (including phenoxy) is 1. The van der Waals surface area contributed by atoms with Crippen molar-refractivity contribution in [2.75, 3.05) is 17.5 Å². The summed E-state index contributed by atoms with van der Waals surface area (Å²) in [6.07, 6.45) is 2.00. The van der Waals surface area contributed by atoms with Gasteiger partial charge in [0, 0.05) is 47.7 Å². The number of benzene rings is 2. The first-order chi connectivity index (χ1) is 15.9. The molecule has 0 bridgehead atoms. The Labute approximate surface area is 196 Å². The maximum Gasteiger partial charge on any atom is 0.340 e. The molecule has 4 aromatic rings. The lowest BCUT2D eigenvalue weighted by Gasteiger charge is -2.11. The third kappa shape index (κ3) is 5.47. The summed E-state index contributed by atoms with van der Waals surface area (Å²) in [6, 6.07) is 12.6. The number of amides is 1. The van der Waals surface area contributed by atoms with E-state index in [1.165, 1.54) is 18.4 Å². The average molecular weight is 484 g/mol. The van der Waals surface area contributed by atoms with Gasteiger partial charge in [-0.05, 0) is 42.3 Å². The Morgan fingerprint density at radius 3 is 2.85 bits per heavy atom. The highest BCUT2D eigenvalue weighted by molar-refractivity contribution is 7.87. The van der Waals surface area contributed by atoms with Crippen LogP contribution in [0.4, 0.5) is 5.69 Å². The first kappa shape index (κ1) is 22.7. The van der Waals surface area contributed by atoms with Gasteiger partial charge in [0.25, 0.3) is 5.19 Å². The molecule has 2 aromatic heterocycles. The zero-order chi connectivity index (χ0) is 23.4. The smallest absolute Gasteiger partial charge is 0.340 e. The first-order valence-electron chi connectivity index (χ1n) is 10.0. The van der Waals surface area contributed by atoms with Gasteiger partial charge in [0.2, 0.25) is 5.91 Å². The van der Waals surface area contributed by atoms with Crippen molar-refractivity contribution in [1.82, 2.24) is 10.3 Å². The maximum absolute atomic E-state index is 12.8. The second-order valence-corrected chi connectivity index (χ2v) is 9.23. The molecule has 4 rings (SSSR count). The standard InChI is InChI=1S/C23H21N3O5S2/c1-14-18-7-6-17(30-23-25-8-9-32-23)12-20(18)31-22(28)19(14)11-15-4-3-5-16(10-15)26-33(29)13-21(27)24-2/h3-10,12,26H,11,13H2,1-2H3,(H,24,27). The Hall–Kier alpha value is -3.50. The minimum Gasteiger partial charge on any atom is -0.431 e. The largest absolute Gasteiger partial charge is 0.431 e. The molecule has 0 aliphatic carbocycles. The number of rotatable bonds is 8. The van der Waals surface area contributed by atoms with Gasteiger partial charge in [-0.3, -0.25) is 4.79 Å². The van der Waals surface area contributed by atoms with E-state index in [4.69, 9.17) is 9.15 Å². The molecule has 10 heteroatoms. The van der Waals surface area contributed by atoms with Gasteiger partial charge in [-0.2, -0.15) is 0 Å². The van der Waals surface area contributed by atoms with Gasteiger partial charge in [-0.1, -0.05) is 23.5 Å². The molecular formula is C23H21N3O5S2. The molecule has 0 aliphatic heterocycles. The Kier molecular flexibility index (Phi) is 6.85. The van der Waals surface area contributed by atoms with Crippen molar-refractivity contribution in [3.63, 3.8) is 0 Å². The summed E-state index contributed by atoms with van der Waals surface area (Å²) in [5.41, 5.74) is 2.82. The minimum atomic E-state index is -1.56. The number of thiazole rings is 1. The van der Waals surface area contributed by atoms with E-state index in [0.717, 1.165) is 16.5 Å². The van der Waals surface area contributed by atoms with E-state index in [1.807, 2.05) is 30.5 Å². The van der Waals surface area contributed by atoms with Crippen LogP contribution in [0.5, 0.6) is 10.9 Å². The molecule has 1 amide bonds. The number of hydrogen-bond acceptors (Lipinski definition) is 7. The average Bonchev–Trinajstić information content (AvgIpc) is 3.29. The van der Waals surface area contributed by atoms with E-state index in [-0.39, 0.29) is 11.7 Å². The summed E-state index contributed by atoms with van der Waals surface area (Å²) < 4.78 is 26.2. The molecule has 0 aliphatic rings. The van der Waals surface area contributed by atoms with E-state index >= 15 is 0 Å². The minimum absolute atomic E-state index is 0.150. The number of carbonyl (C=O) groups excluding carboxylic acids is 1. The van der Waals surface area contributed by atoms with Crippen LogP contribution in [0.25, 0.3) is 11.0 Å². The molecule has 2 aromatic carbocycles. The van der Waals surface area contributed by atoms with Gasteiger partial charge in [0.05, 0.1) is 0 Å². The van der Waals surface area contributed by atoms with E-state index < -0.39 is 16.6 Å². The molecule has 0 spiro atoms. The number of hydrogen-bond donors (Lipinski definition) is 2. The second kappa shape index (κ2) is 9.97. The summed E-state index contributed by atoms with van der Waals surface area (Å²) in [5, 5.41) is 5.58. The molecule has 2 N–H and O–H groups in total. The molecule has 0 saturated heterocycles. The fourth-order valence-electron chi connectivity index (χ4n) is 3.31. The van der Waals surface area contributed by atoms with Crippen LogP contribution >= 0.6 is 11.3 Å². The highest BCUT2D eigenvalue weighted by atomic mass is 32.2. The van der Waals surface area contributed by atoms with Crippen molar-refractivity contribution in [3.8, 4) is 10.9 Å². The number of fused-ring (bicyclic) bond motifs is 1. The molecule has 1 atom stereocenters. The van der Waals surface area contributed by atoms with Crippen molar-refractivity contribution in [2.45, 2.75) is 13.3 Å². The van der Waals surface area contributed by atoms with Crippen molar-refractivity contribution < 1.29 is 18.2 Å². The quantitative estimate of drug-likeness (QED) is 0.369. The number of carbonyl (C=O) groups is 1. The Balaban J connectivity index is 1.57. The zero-order valence-electron chi connectivity index (χ0n) is 17.9. The Morgan fingerprint density at radius 1 is 1.24 bits per heavy atom. The van der Waals surface area contributed by atoms with Crippen LogP contribution in [0, 0.1) is 6.92 Å². The van der Waals surface area contributed by atoms with Crippen LogP contribution in [-0.2, 0) is 22.2 Å².